The molecule has 0 fully saturated rings. The van der Waals surface area contributed by atoms with E-state index in [1.54, 1.807) is 0 Å². The minimum Gasteiger partial charge on any atom is -0.433 e. The fourth-order valence-corrected chi connectivity index (χ4v) is 2.49. The van der Waals surface area contributed by atoms with Crippen LogP contribution in [0.25, 0.3) is 11.3 Å². The summed E-state index contributed by atoms with van der Waals surface area (Å²) in [6.07, 6.45) is 1.32. The number of carbonyl (C=O) groups is 1. The molecule has 0 aliphatic heterocycles. The molecule has 3 aromatic rings. The third-order valence-electron chi connectivity index (χ3n) is 3.42. The number of amides is 1. The average Bonchev–Trinajstić information content (AvgIpc) is 3.07. The van der Waals surface area contributed by atoms with Crippen LogP contribution in [0.2, 0.25) is 5.02 Å². The number of hydrogen-bond acceptors (Lipinski definition) is 3. The van der Waals surface area contributed by atoms with E-state index in [9.17, 15) is 18.0 Å². The van der Waals surface area contributed by atoms with E-state index in [1.807, 2.05) is 0 Å². The lowest BCUT2D eigenvalue weighted by molar-refractivity contribution is -0.0497. The van der Waals surface area contributed by atoms with Gasteiger partial charge in [0.05, 0.1) is 22.5 Å². The first-order chi connectivity index (χ1) is 12.4. The molecule has 0 aliphatic carbocycles. The van der Waals surface area contributed by atoms with Crippen molar-refractivity contribution in [3.8, 4) is 17.0 Å². The van der Waals surface area contributed by atoms with E-state index in [1.165, 1.54) is 48.7 Å². The number of H-pyrrole nitrogens is 1. The van der Waals surface area contributed by atoms with Crippen LogP contribution in [0.15, 0.2) is 48.7 Å². The second kappa shape index (κ2) is 7.49. The van der Waals surface area contributed by atoms with Gasteiger partial charge in [0.1, 0.15) is 11.6 Å². The van der Waals surface area contributed by atoms with Gasteiger partial charge in [0.25, 0.3) is 5.91 Å². The summed E-state index contributed by atoms with van der Waals surface area (Å²) >= 11 is 5.86. The van der Waals surface area contributed by atoms with Crippen LogP contribution in [0.3, 0.4) is 0 Å². The van der Waals surface area contributed by atoms with Crippen LogP contribution in [0, 0.1) is 5.82 Å². The second-order valence-corrected chi connectivity index (χ2v) is 5.55. The van der Waals surface area contributed by atoms with Crippen molar-refractivity contribution in [1.82, 2.24) is 10.2 Å². The van der Waals surface area contributed by atoms with E-state index in [2.05, 4.69) is 20.3 Å². The number of hydrogen-bond donors (Lipinski definition) is 2. The second-order valence-electron chi connectivity index (χ2n) is 5.14. The highest BCUT2D eigenvalue weighted by Crippen LogP contribution is 2.29. The Labute approximate surface area is 150 Å². The highest BCUT2D eigenvalue weighted by Gasteiger charge is 2.16. The number of ether oxygens (including phenoxy) is 1. The lowest BCUT2D eigenvalue weighted by Gasteiger charge is -2.10. The maximum absolute atomic E-state index is 13.0. The average molecular weight is 382 g/mol. The predicted octanol–water partition coefficient (Wildman–Crippen LogP) is 4.72. The van der Waals surface area contributed by atoms with Crippen LogP contribution in [-0.4, -0.2) is 22.7 Å². The van der Waals surface area contributed by atoms with Crippen LogP contribution >= 0.6 is 11.6 Å². The first-order valence-electron chi connectivity index (χ1n) is 7.29. The van der Waals surface area contributed by atoms with Crippen molar-refractivity contribution in [2.24, 2.45) is 0 Å². The zero-order chi connectivity index (χ0) is 18.7. The summed E-state index contributed by atoms with van der Waals surface area (Å²) in [7, 11) is 0. The Morgan fingerprint density at radius 1 is 1.19 bits per heavy atom. The molecule has 0 atom stereocenters. The maximum atomic E-state index is 13.0. The van der Waals surface area contributed by atoms with Crippen molar-refractivity contribution < 1.29 is 22.7 Å². The van der Waals surface area contributed by atoms with Crippen molar-refractivity contribution in [3.63, 3.8) is 0 Å². The minimum atomic E-state index is -3.00. The van der Waals surface area contributed by atoms with Crippen LogP contribution < -0.4 is 10.1 Å². The summed E-state index contributed by atoms with van der Waals surface area (Å²) < 4.78 is 41.8. The summed E-state index contributed by atoms with van der Waals surface area (Å²) in [5.74, 6) is -1.10. The number of halogens is 4. The molecule has 2 aromatic carbocycles. The normalized spacial score (nSPS) is 10.8. The third-order valence-corrected chi connectivity index (χ3v) is 3.72. The third kappa shape index (κ3) is 3.97. The maximum Gasteiger partial charge on any atom is 0.387 e. The Kier molecular flexibility index (Phi) is 5.13. The number of nitrogens with zero attached hydrogens (tertiary/aromatic N) is 1. The first kappa shape index (κ1) is 17.8. The highest BCUT2D eigenvalue weighted by molar-refractivity contribution is 6.32. The van der Waals surface area contributed by atoms with E-state index in [4.69, 9.17) is 11.6 Å². The van der Waals surface area contributed by atoms with Gasteiger partial charge in [-0.25, -0.2) is 4.39 Å². The van der Waals surface area contributed by atoms with E-state index >= 15 is 0 Å². The Hall–Kier alpha value is -3.00. The lowest BCUT2D eigenvalue weighted by atomic mass is 10.1. The molecular formula is C17H11ClF3N3O2. The molecule has 0 bridgehead atoms. The zero-order valence-electron chi connectivity index (χ0n) is 13.0. The van der Waals surface area contributed by atoms with Gasteiger partial charge in [0.2, 0.25) is 0 Å². The molecule has 0 spiro atoms. The largest absolute Gasteiger partial charge is 0.433 e. The van der Waals surface area contributed by atoms with E-state index in [0.717, 1.165) is 0 Å². The zero-order valence-corrected chi connectivity index (χ0v) is 13.7. The standard InChI is InChI=1S/C17H11ClF3N3O2/c18-13-7-11(5-6-14(13)26-17(20)21)23-16(25)12-8-22-24-15(12)9-1-3-10(19)4-2-9/h1-8,17H,(H,22,24)(H,23,25). The van der Waals surface area contributed by atoms with Crippen molar-refractivity contribution in [2.45, 2.75) is 6.61 Å². The van der Waals surface area contributed by atoms with Gasteiger partial charge in [-0.2, -0.15) is 13.9 Å². The molecule has 9 heteroatoms. The van der Waals surface area contributed by atoms with Crippen LogP contribution in [0.4, 0.5) is 18.9 Å². The lowest BCUT2D eigenvalue weighted by Crippen LogP contribution is -2.12. The van der Waals surface area contributed by atoms with E-state index < -0.39 is 18.3 Å². The van der Waals surface area contributed by atoms with Crippen LogP contribution in [0.5, 0.6) is 5.75 Å². The SMILES string of the molecule is O=C(Nc1ccc(OC(F)F)c(Cl)c1)c1cn[nH]c1-c1ccc(F)cc1. The van der Waals surface area contributed by atoms with Gasteiger partial charge in [0, 0.05) is 11.3 Å². The minimum absolute atomic E-state index is 0.0750. The summed E-state index contributed by atoms with van der Waals surface area (Å²) in [4.78, 5) is 12.5. The highest BCUT2D eigenvalue weighted by atomic mass is 35.5. The quantitative estimate of drug-likeness (QED) is 0.671. The smallest absolute Gasteiger partial charge is 0.387 e. The van der Waals surface area contributed by atoms with Gasteiger partial charge in [-0.3, -0.25) is 9.89 Å². The van der Waals surface area contributed by atoms with Crippen molar-refractivity contribution in [1.29, 1.82) is 0 Å². The molecule has 1 aromatic heterocycles. The first-order valence-corrected chi connectivity index (χ1v) is 7.67. The van der Waals surface area contributed by atoms with Crippen LogP contribution in [0.1, 0.15) is 10.4 Å². The summed E-state index contributed by atoms with van der Waals surface area (Å²) in [5, 5.41) is 9.04. The number of benzene rings is 2. The van der Waals surface area contributed by atoms with Gasteiger partial charge < -0.3 is 10.1 Å². The molecule has 134 valence electrons. The van der Waals surface area contributed by atoms with Crippen molar-refractivity contribution in [2.75, 3.05) is 5.32 Å². The van der Waals surface area contributed by atoms with E-state index in [0.29, 0.717) is 11.3 Å². The molecule has 0 unspecified atom stereocenters. The number of aromatic nitrogens is 2. The molecule has 1 heterocycles. The summed E-state index contributed by atoms with van der Waals surface area (Å²) in [6.45, 7) is -3.00. The molecule has 2 N–H and O–H groups in total. The molecule has 0 radical (unpaired) electrons. The molecule has 3 rings (SSSR count). The molecule has 0 saturated heterocycles. The monoisotopic (exact) mass is 381 g/mol. The number of alkyl halides is 2. The predicted molar refractivity (Wildman–Crippen MR) is 90.0 cm³/mol. The number of nitrogens with one attached hydrogen (secondary N) is 2. The Balaban J connectivity index is 1.80. The van der Waals surface area contributed by atoms with E-state index in [-0.39, 0.29) is 22.0 Å². The van der Waals surface area contributed by atoms with Gasteiger partial charge in [-0.15, -0.1) is 0 Å². The number of anilines is 1. The Morgan fingerprint density at radius 3 is 2.58 bits per heavy atom. The number of carbonyl (C=O) groups excluding carboxylic acids is 1. The van der Waals surface area contributed by atoms with Gasteiger partial charge >= 0.3 is 6.61 Å². The summed E-state index contributed by atoms with van der Waals surface area (Å²) in [5.41, 5.74) is 1.49. The molecule has 1 amide bonds. The van der Waals surface area contributed by atoms with Gasteiger partial charge in [0.15, 0.2) is 0 Å². The fourth-order valence-electron chi connectivity index (χ4n) is 2.26. The molecule has 5 nitrogen and oxygen atoms in total. The molecule has 0 aliphatic rings. The Bertz CT molecular complexity index is 929. The van der Waals surface area contributed by atoms with Crippen LogP contribution in [-0.2, 0) is 0 Å². The van der Waals surface area contributed by atoms with Crippen molar-refractivity contribution in [3.05, 3.63) is 65.1 Å². The van der Waals surface area contributed by atoms with Gasteiger partial charge in [-0.05, 0) is 42.5 Å². The molecular weight excluding hydrogens is 371 g/mol. The molecule has 26 heavy (non-hydrogen) atoms. The fraction of sp³-hybridized carbons (Fsp3) is 0.0588. The van der Waals surface area contributed by atoms with Gasteiger partial charge in [-0.1, -0.05) is 11.6 Å². The summed E-state index contributed by atoms with van der Waals surface area (Å²) in [6, 6.07) is 9.42. The number of rotatable bonds is 5. The Morgan fingerprint density at radius 2 is 1.92 bits per heavy atom. The topological polar surface area (TPSA) is 67.0 Å². The molecule has 0 saturated carbocycles. The number of aromatic amines is 1. The van der Waals surface area contributed by atoms with Crippen molar-refractivity contribution >= 4 is 23.2 Å².